The zero-order valence-corrected chi connectivity index (χ0v) is 14.4. The van der Waals surface area contributed by atoms with Gasteiger partial charge in [-0.2, -0.15) is 0 Å². The van der Waals surface area contributed by atoms with Crippen LogP contribution in [-0.2, 0) is 19.1 Å². The van der Waals surface area contributed by atoms with Gasteiger partial charge in [-0.3, -0.25) is 14.8 Å². The highest BCUT2D eigenvalue weighted by Crippen LogP contribution is 2.39. The summed E-state index contributed by atoms with van der Waals surface area (Å²) < 4.78 is 10.4. The van der Waals surface area contributed by atoms with E-state index in [2.05, 4.69) is 9.98 Å². The molecule has 0 fully saturated rings. The molecule has 1 aliphatic rings. The Morgan fingerprint density at radius 2 is 1.71 bits per heavy atom. The average Bonchev–Trinajstić information content (AvgIpc) is 2.55. The van der Waals surface area contributed by atoms with E-state index in [1.54, 1.807) is 52.2 Å². The lowest BCUT2D eigenvalue weighted by Gasteiger charge is -2.31. The number of pyridine rings is 1. The van der Waals surface area contributed by atoms with Gasteiger partial charge in [0.15, 0.2) is 0 Å². The third-order valence-electron chi connectivity index (χ3n) is 3.93. The van der Waals surface area contributed by atoms with Crippen molar-refractivity contribution >= 4 is 17.7 Å². The number of rotatable bonds is 5. The van der Waals surface area contributed by atoms with Crippen LogP contribution in [0, 0.1) is 5.92 Å². The van der Waals surface area contributed by atoms with Crippen LogP contribution in [0.5, 0.6) is 0 Å². The summed E-state index contributed by atoms with van der Waals surface area (Å²) in [5, 5.41) is 0. The number of esters is 2. The Hall–Kier alpha value is -2.50. The number of nitrogens with zero attached hydrogens (tertiary/aromatic N) is 2. The van der Waals surface area contributed by atoms with Gasteiger partial charge < -0.3 is 9.47 Å². The predicted molar refractivity (Wildman–Crippen MR) is 89.5 cm³/mol. The molecule has 1 aromatic rings. The molecule has 0 aliphatic carbocycles. The minimum absolute atomic E-state index is 0.255. The van der Waals surface area contributed by atoms with E-state index in [1.807, 2.05) is 0 Å². The number of hydrogen-bond donors (Lipinski definition) is 0. The van der Waals surface area contributed by atoms with Crippen molar-refractivity contribution < 1.29 is 19.1 Å². The molecule has 0 saturated carbocycles. The Morgan fingerprint density at radius 1 is 1.08 bits per heavy atom. The first kappa shape index (κ1) is 17.8. The largest absolute Gasteiger partial charge is 0.465 e. The van der Waals surface area contributed by atoms with Gasteiger partial charge in [0.05, 0.1) is 18.8 Å². The molecule has 2 atom stereocenters. The number of hydrogen-bond acceptors (Lipinski definition) is 6. The molecule has 1 unspecified atom stereocenters. The minimum Gasteiger partial charge on any atom is -0.465 e. The van der Waals surface area contributed by atoms with Gasteiger partial charge in [0, 0.05) is 29.7 Å². The van der Waals surface area contributed by atoms with E-state index in [0.717, 1.165) is 5.56 Å². The van der Waals surface area contributed by atoms with Crippen molar-refractivity contribution in [2.45, 2.75) is 33.6 Å². The summed E-state index contributed by atoms with van der Waals surface area (Å²) in [6.45, 7) is 7.55. The molecule has 1 aliphatic heterocycles. The van der Waals surface area contributed by atoms with E-state index in [0.29, 0.717) is 17.0 Å². The van der Waals surface area contributed by atoms with Crippen molar-refractivity contribution in [3.63, 3.8) is 0 Å². The van der Waals surface area contributed by atoms with Gasteiger partial charge in [0.25, 0.3) is 0 Å². The molecule has 6 heteroatoms. The highest BCUT2D eigenvalue weighted by molar-refractivity contribution is 6.06. The van der Waals surface area contributed by atoms with Crippen LogP contribution in [-0.4, -0.2) is 35.8 Å². The van der Waals surface area contributed by atoms with Crippen LogP contribution in [0.2, 0.25) is 0 Å². The molecule has 6 nitrogen and oxygen atoms in total. The minimum atomic E-state index is -0.657. The smallest absolute Gasteiger partial charge is 0.336 e. The summed E-state index contributed by atoms with van der Waals surface area (Å²) in [4.78, 5) is 33.5. The van der Waals surface area contributed by atoms with Gasteiger partial charge in [-0.05, 0) is 45.4 Å². The third-order valence-corrected chi connectivity index (χ3v) is 3.93. The molecule has 0 spiro atoms. The number of aliphatic imine (C=N–C) groups is 1. The second-order valence-corrected chi connectivity index (χ2v) is 5.46. The van der Waals surface area contributed by atoms with Crippen molar-refractivity contribution in [2.24, 2.45) is 10.9 Å². The van der Waals surface area contributed by atoms with E-state index in [9.17, 15) is 9.59 Å². The fourth-order valence-corrected chi connectivity index (χ4v) is 2.98. The molecule has 0 N–H and O–H groups in total. The molecule has 0 radical (unpaired) electrons. The van der Waals surface area contributed by atoms with Crippen LogP contribution < -0.4 is 0 Å². The highest BCUT2D eigenvalue weighted by atomic mass is 16.5. The standard InChI is InChI=1S/C18H22N2O4/c1-5-23-17(21)14-11(3)20-12(4)15(18(22)24-6-2)16(14)13-7-9-19-10-8-13/h7-10,14,16H,5-6H2,1-4H3/t14?,16-/m0/s1. The number of carbonyl (C=O) groups excluding carboxylic acids is 2. The second-order valence-electron chi connectivity index (χ2n) is 5.46. The van der Waals surface area contributed by atoms with E-state index >= 15 is 0 Å². The van der Waals surface area contributed by atoms with E-state index in [1.165, 1.54) is 0 Å². The maximum atomic E-state index is 12.5. The van der Waals surface area contributed by atoms with Gasteiger partial charge in [-0.1, -0.05) is 0 Å². The maximum Gasteiger partial charge on any atom is 0.336 e. The first-order valence-electron chi connectivity index (χ1n) is 8.00. The van der Waals surface area contributed by atoms with Gasteiger partial charge in [-0.15, -0.1) is 0 Å². The van der Waals surface area contributed by atoms with Crippen molar-refractivity contribution in [3.8, 4) is 0 Å². The quantitative estimate of drug-likeness (QED) is 0.776. The molecular formula is C18H22N2O4. The number of ether oxygens (including phenoxy) is 2. The van der Waals surface area contributed by atoms with Gasteiger partial charge in [-0.25, -0.2) is 4.79 Å². The topological polar surface area (TPSA) is 77.8 Å². The molecule has 0 amide bonds. The van der Waals surface area contributed by atoms with Gasteiger partial charge >= 0.3 is 11.9 Å². The number of allylic oxidation sites excluding steroid dienone is 1. The monoisotopic (exact) mass is 330 g/mol. The Labute approximate surface area is 141 Å². The summed E-state index contributed by atoms with van der Waals surface area (Å²) >= 11 is 0. The zero-order valence-electron chi connectivity index (χ0n) is 14.4. The molecule has 24 heavy (non-hydrogen) atoms. The lowest BCUT2D eigenvalue weighted by Crippen LogP contribution is -2.36. The zero-order chi connectivity index (χ0) is 17.7. The van der Waals surface area contributed by atoms with Crippen LogP contribution in [0.3, 0.4) is 0 Å². The SMILES string of the molecule is CCOC(=O)C1=C(C)N=C(C)C(C(=O)OCC)[C@@H]1c1ccncc1. The highest BCUT2D eigenvalue weighted by Gasteiger charge is 2.42. The first-order chi connectivity index (χ1) is 11.5. The maximum absolute atomic E-state index is 12.5. The Morgan fingerprint density at radius 3 is 2.29 bits per heavy atom. The molecule has 0 saturated heterocycles. The van der Waals surface area contributed by atoms with E-state index < -0.39 is 23.8 Å². The Balaban J connectivity index is 2.58. The summed E-state index contributed by atoms with van der Waals surface area (Å²) in [5.41, 5.74) is 2.39. The van der Waals surface area contributed by atoms with Crippen molar-refractivity contribution in [2.75, 3.05) is 13.2 Å². The fraction of sp³-hybridized carbons (Fsp3) is 0.444. The van der Waals surface area contributed by atoms with E-state index in [-0.39, 0.29) is 13.2 Å². The molecule has 0 aromatic carbocycles. The number of carbonyl (C=O) groups is 2. The average molecular weight is 330 g/mol. The Kier molecular flexibility index (Phi) is 5.84. The van der Waals surface area contributed by atoms with Crippen molar-refractivity contribution in [1.82, 2.24) is 4.98 Å². The number of aromatic nitrogens is 1. The second kappa shape index (κ2) is 7.86. The van der Waals surface area contributed by atoms with Gasteiger partial charge in [0.1, 0.15) is 5.92 Å². The normalized spacial score (nSPS) is 20.4. The van der Waals surface area contributed by atoms with Gasteiger partial charge in [0.2, 0.25) is 0 Å². The van der Waals surface area contributed by atoms with Crippen LogP contribution >= 0.6 is 0 Å². The van der Waals surface area contributed by atoms with Crippen LogP contribution in [0.1, 0.15) is 39.2 Å². The van der Waals surface area contributed by atoms with Crippen LogP contribution in [0.15, 0.2) is 40.8 Å². The summed E-state index contributed by atoms with van der Waals surface area (Å²) in [6, 6.07) is 3.59. The third kappa shape index (κ3) is 3.53. The summed E-state index contributed by atoms with van der Waals surface area (Å²) in [6.07, 6.45) is 3.27. The fourth-order valence-electron chi connectivity index (χ4n) is 2.98. The van der Waals surface area contributed by atoms with E-state index in [4.69, 9.17) is 9.47 Å². The molecule has 0 bridgehead atoms. The summed E-state index contributed by atoms with van der Waals surface area (Å²) in [7, 11) is 0. The summed E-state index contributed by atoms with van der Waals surface area (Å²) in [5.74, 6) is -2.00. The van der Waals surface area contributed by atoms with Crippen molar-refractivity contribution in [3.05, 3.63) is 41.4 Å². The lowest BCUT2D eigenvalue weighted by atomic mass is 9.76. The molecule has 1 aromatic heterocycles. The first-order valence-corrected chi connectivity index (χ1v) is 8.00. The van der Waals surface area contributed by atoms with Crippen molar-refractivity contribution in [1.29, 1.82) is 0 Å². The Bertz CT molecular complexity index is 680. The molecular weight excluding hydrogens is 308 g/mol. The molecule has 2 rings (SSSR count). The lowest BCUT2D eigenvalue weighted by molar-refractivity contribution is -0.146. The molecule has 2 heterocycles. The van der Waals surface area contributed by atoms with Crippen LogP contribution in [0.4, 0.5) is 0 Å². The van der Waals surface area contributed by atoms with Crippen LogP contribution in [0.25, 0.3) is 0 Å². The predicted octanol–water partition coefficient (Wildman–Crippen LogP) is 2.66. The molecule has 128 valence electrons.